The fourth-order valence-corrected chi connectivity index (χ4v) is 0.708. The van der Waals surface area contributed by atoms with Crippen LogP contribution >= 0.6 is 0 Å². The zero-order valence-electron chi connectivity index (χ0n) is 7.77. The summed E-state index contributed by atoms with van der Waals surface area (Å²) >= 11 is 0. The van der Waals surface area contributed by atoms with Crippen LogP contribution in [-0.4, -0.2) is 12.6 Å². The van der Waals surface area contributed by atoms with Gasteiger partial charge in [-0.3, -0.25) is 0 Å². The second-order valence-corrected chi connectivity index (χ2v) is 2.55. The van der Waals surface area contributed by atoms with Gasteiger partial charge < -0.3 is 10.1 Å². The molecule has 0 saturated carbocycles. The summed E-state index contributed by atoms with van der Waals surface area (Å²) in [6, 6.07) is 1.76. The molecule has 0 atom stereocenters. The SMILES string of the molecule is C=C(C#N)CC/C=C(\C=N)OC(F)(F)F. The maximum absolute atomic E-state index is 11.7. The summed E-state index contributed by atoms with van der Waals surface area (Å²) in [7, 11) is 0. The summed E-state index contributed by atoms with van der Waals surface area (Å²) in [5, 5.41) is 15.0. The largest absolute Gasteiger partial charge is 0.573 e. The molecule has 0 aliphatic carbocycles. The van der Waals surface area contributed by atoms with Gasteiger partial charge in [0.2, 0.25) is 0 Å². The van der Waals surface area contributed by atoms with Crippen molar-refractivity contribution in [2.24, 2.45) is 0 Å². The smallest absolute Gasteiger partial charge is 0.405 e. The number of ether oxygens (including phenoxy) is 1. The van der Waals surface area contributed by atoms with E-state index in [4.69, 9.17) is 10.7 Å². The number of halogens is 3. The third-order valence-electron chi connectivity index (χ3n) is 1.33. The van der Waals surface area contributed by atoms with Gasteiger partial charge in [-0.25, -0.2) is 0 Å². The number of hydrogen-bond acceptors (Lipinski definition) is 3. The Morgan fingerprint density at radius 2 is 2.13 bits per heavy atom. The van der Waals surface area contributed by atoms with Crippen LogP contribution in [0.15, 0.2) is 24.0 Å². The Hall–Kier alpha value is -1.77. The quantitative estimate of drug-likeness (QED) is 0.438. The molecular weight excluding hydrogens is 209 g/mol. The van der Waals surface area contributed by atoms with Crippen molar-refractivity contribution in [3.63, 3.8) is 0 Å². The first kappa shape index (κ1) is 13.2. The first-order valence-electron chi connectivity index (χ1n) is 3.93. The van der Waals surface area contributed by atoms with Crippen molar-refractivity contribution >= 4 is 6.21 Å². The number of alkyl halides is 3. The minimum absolute atomic E-state index is 0.174. The van der Waals surface area contributed by atoms with Crippen molar-refractivity contribution in [2.45, 2.75) is 19.2 Å². The fraction of sp³-hybridized carbons (Fsp3) is 0.333. The summed E-state index contributed by atoms with van der Waals surface area (Å²) in [4.78, 5) is 0. The standard InChI is InChI=1S/C9H9F3N2O/c1-7(5-13)3-2-4-8(6-14)15-9(10,11)12/h4,6,14H,1-3H2/b8-4+,14-6?. The zero-order valence-corrected chi connectivity index (χ0v) is 7.77. The Kier molecular flexibility index (Phi) is 5.16. The second kappa shape index (κ2) is 5.86. The highest BCUT2D eigenvalue weighted by atomic mass is 19.4. The third kappa shape index (κ3) is 7.31. The van der Waals surface area contributed by atoms with E-state index in [-0.39, 0.29) is 18.4 Å². The van der Waals surface area contributed by atoms with Crippen LogP contribution in [0.4, 0.5) is 13.2 Å². The van der Waals surface area contributed by atoms with E-state index in [0.29, 0.717) is 6.21 Å². The van der Waals surface area contributed by atoms with Crippen molar-refractivity contribution in [1.29, 1.82) is 10.7 Å². The number of nitriles is 1. The molecule has 6 heteroatoms. The lowest BCUT2D eigenvalue weighted by atomic mass is 10.2. The van der Waals surface area contributed by atoms with Gasteiger partial charge in [-0.1, -0.05) is 6.58 Å². The van der Waals surface area contributed by atoms with Crippen molar-refractivity contribution in [3.05, 3.63) is 24.0 Å². The first-order chi connectivity index (χ1) is 6.89. The van der Waals surface area contributed by atoms with Crippen LogP contribution in [0.2, 0.25) is 0 Å². The van der Waals surface area contributed by atoms with Gasteiger partial charge >= 0.3 is 6.36 Å². The van der Waals surface area contributed by atoms with Crippen LogP contribution in [0.1, 0.15) is 12.8 Å². The topological polar surface area (TPSA) is 56.9 Å². The Balaban J connectivity index is 4.19. The number of rotatable bonds is 5. The van der Waals surface area contributed by atoms with Crippen molar-refractivity contribution in [1.82, 2.24) is 0 Å². The molecule has 15 heavy (non-hydrogen) atoms. The Morgan fingerprint density at radius 3 is 2.53 bits per heavy atom. The van der Waals surface area contributed by atoms with Crippen LogP contribution in [0.5, 0.6) is 0 Å². The van der Waals surface area contributed by atoms with Gasteiger partial charge in [-0.05, 0) is 18.9 Å². The predicted molar refractivity (Wildman–Crippen MR) is 48.0 cm³/mol. The van der Waals surface area contributed by atoms with E-state index in [1.165, 1.54) is 0 Å². The highest BCUT2D eigenvalue weighted by Crippen LogP contribution is 2.20. The van der Waals surface area contributed by atoms with E-state index in [1.807, 2.05) is 0 Å². The monoisotopic (exact) mass is 218 g/mol. The maximum Gasteiger partial charge on any atom is 0.573 e. The molecule has 0 aromatic heterocycles. The predicted octanol–water partition coefficient (Wildman–Crippen LogP) is 2.92. The molecule has 0 saturated heterocycles. The summed E-state index contributed by atoms with van der Waals surface area (Å²) in [5.41, 5.74) is 0.266. The average Bonchev–Trinajstić information content (AvgIpc) is 2.14. The Labute approximate surface area is 85.0 Å². The first-order valence-corrected chi connectivity index (χ1v) is 3.93. The lowest BCUT2D eigenvalue weighted by Gasteiger charge is -2.08. The molecule has 3 nitrogen and oxygen atoms in total. The Morgan fingerprint density at radius 1 is 1.53 bits per heavy atom. The summed E-state index contributed by atoms with van der Waals surface area (Å²) in [5.74, 6) is -0.590. The third-order valence-corrected chi connectivity index (χ3v) is 1.33. The molecule has 0 aromatic rings. The number of nitrogens with one attached hydrogen (secondary N) is 1. The molecule has 0 rings (SSSR count). The molecule has 0 aliphatic heterocycles. The van der Waals surface area contributed by atoms with Crippen molar-refractivity contribution in [3.8, 4) is 6.07 Å². The molecule has 0 spiro atoms. The van der Waals surface area contributed by atoms with E-state index < -0.39 is 12.1 Å². The molecule has 0 bridgehead atoms. The van der Waals surface area contributed by atoms with Crippen LogP contribution in [0, 0.1) is 16.7 Å². The van der Waals surface area contributed by atoms with E-state index in [2.05, 4.69) is 11.3 Å². The van der Waals surface area contributed by atoms with Gasteiger partial charge in [0.1, 0.15) is 5.76 Å². The van der Waals surface area contributed by atoms with Crippen LogP contribution < -0.4 is 0 Å². The molecular formula is C9H9F3N2O. The minimum atomic E-state index is -4.80. The van der Waals surface area contributed by atoms with Crippen LogP contribution in [0.3, 0.4) is 0 Å². The lowest BCUT2D eigenvalue weighted by Crippen LogP contribution is -2.13. The van der Waals surface area contributed by atoms with E-state index in [0.717, 1.165) is 6.08 Å². The molecule has 0 fully saturated rings. The molecule has 0 aromatic carbocycles. The van der Waals surface area contributed by atoms with Crippen LogP contribution in [-0.2, 0) is 4.74 Å². The summed E-state index contributed by atoms with van der Waals surface area (Å²) in [6.07, 6.45) is -2.83. The normalized spacial score (nSPS) is 11.7. The highest BCUT2D eigenvalue weighted by Gasteiger charge is 2.31. The van der Waals surface area contributed by atoms with Crippen molar-refractivity contribution in [2.75, 3.05) is 0 Å². The maximum atomic E-state index is 11.7. The van der Waals surface area contributed by atoms with E-state index in [1.54, 1.807) is 6.07 Å². The van der Waals surface area contributed by atoms with Gasteiger partial charge in [0.25, 0.3) is 0 Å². The highest BCUT2D eigenvalue weighted by molar-refractivity contribution is 5.72. The van der Waals surface area contributed by atoms with E-state index in [9.17, 15) is 13.2 Å². The molecule has 0 radical (unpaired) electrons. The van der Waals surface area contributed by atoms with Crippen LogP contribution in [0.25, 0.3) is 0 Å². The number of hydrogen-bond donors (Lipinski definition) is 1. The summed E-state index contributed by atoms with van der Waals surface area (Å²) < 4.78 is 38.6. The fourth-order valence-electron chi connectivity index (χ4n) is 0.708. The molecule has 82 valence electrons. The second-order valence-electron chi connectivity index (χ2n) is 2.55. The average molecular weight is 218 g/mol. The summed E-state index contributed by atoms with van der Waals surface area (Å²) in [6.45, 7) is 3.36. The van der Waals surface area contributed by atoms with Gasteiger partial charge in [-0.15, -0.1) is 13.2 Å². The minimum Gasteiger partial charge on any atom is -0.405 e. The van der Waals surface area contributed by atoms with Gasteiger partial charge in [0, 0.05) is 5.57 Å². The molecule has 0 unspecified atom stereocenters. The van der Waals surface area contributed by atoms with Gasteiger partial charge in [0.15, 0.2) is 0 Å². The zero-order chi connectivity index (χ0) is 11.9. The van der Waals surface area contributed by atoms with Gasteiger partial charge in [0.05, 0.1) is 12.3 Å². The van der Waals surface area contributed by atoms with Crippen molar-refractivity contribution < 1.29 is 17.9 Å². The molecule has 1 N–H and O–H groups in total. The van der Waals surface area contributed by atoms with Gasteiger partial charge in [-0.2, -0.15) is 5.26 Å². The number of nitrogens with zero attached hydrogens (tertiary/aromatic N) is 1. The Bertz CT molecular complexity index is 312. The molecule has 0 amide bonds. The van der Waals surface area contributed by atoms with E-state index >= 15 is 0 Å². The molecule has 0 heterocycles. The lowest BCUT2D eigenvalue weighted by molar-refractivity contribution is -0.301. The molecule has 0 aliphatic rings. The number of allylic oxidation sites excluding steroid dienone is 3.